The molecule has 6 nitrogen and oxygen atoms in total. The fraction of sp³-hybridized carbons (Fsp3) is 0.538. The van der Waals surface area contributed by atoms with Gasteiger partial charge in [-0.3, -0.25) is 0 Å². The van der Waals surface area contributed by atoms with Crippen molar-refractivity contribution in [3.63, 3.8) is 0 Å². The van der Waals surface area contributed by atoms with Crippen LogP contribution in [-0.4, -0.2) is 59.2 Å². The Balaban J connectivity index is 0.00000220. The SMILES string of the molecule is COCCOc1ccc(S(=O)(=O)N2CCNCC2)cc1.Cl. The number of rotatable bonds is 6. The lowest BCUT2D eigenvalue weighted by atomic mass is 10.3. The molecule has 1 N–H and O–H groups in total. The largest absolute Gasteiger partial charge is 0.491 e. The van der Waals surface area contributed by atoms with Gasteiger partial charge in [0.15, 0.2) is 0 Å². The molecule has 21 heavy (non-hydrogen) atoms. The zero-order valence-corrected chi connectivity index (χ0v) is 13.6. The van der Waals surface area contributed by atoms with Crippen molar-refractivity contribution in [3.05, 3.63) is 24.3 Å². The highest BCUT2D eigenvalue weighted by Crippen LogP contribution is 2.19. The Morgan fingerprint density at radius 2 is 1.76 bits per heavy atom. The fourth-order valence-corrected chi connectivity index (χ4v) is 3.43. The molecule has 0 aromatic heterocycles. The highest BCUT2D eigenvalue weighted by Gasteiger charge is 2.25. The number of nitrogens with zero attached hydrogens (tertiary/aromatic N) is 1. The summed E-state index contributed by atoms with van der Waals surface area (Å²) >= 11 is 0. The van der Waals surface area contributed by atoms with Crippen LogP contribution < -0.4 is 10.1 Å². The molecule has 1 aromatic carbocycles. The third-order valence-corrected chi connectivity index (χ3v) is 5.01. The zero-order valence-electron chi connectivity index (χ0n) is 11.9. The Labute approximate surface area is 131 Å². The van der Waals surface area contributed by atoms with Gasteiger partial charge in [0.2, 0.25) is 10.0 Å². The number of benzene rings is 1. The van der Waals surface area contributed by atoms with Crippen LogP contribution in [0.2, 0.25) is 0 Å². The molecule has 1 heterocycles. The normalized spacial score (nSPS) is 16.2. The van der Waals surface area contributed by atoms with E-state index in [1.54, 1.807) is 31.4 Å². The maximum Gasteiger partial charge on any atom is 0.243 e. The van der Waals surface area contributed by atoms with E-state index in [2.05, 4.69) is 5.32 Å². The van der Waals surface area contributed by atoms with E-state index in [1.807, 2.05) is 0 Å². The van der Waals surface area contributed by atoms with Crippen LogP contribution in [0.1, 0.15) is 0 Å². The first-order chi connectivity index (χ1) is 9.64. The van der Waals surface area contributed by atoms with Crippen molar-refractivity contribution in [3.8, 4) is 5.75 Å². The van der Waals surface area contributed by atoms with E-state index < -0.39 is 10.0 Å². The molecule has 8 heteroatoms. The van der Waals surface area contributed by atoms with Crippen molar-refractivity contribution in [1.29, 1.82) is 0 Å². The first kappa shape index (κ1) is 18.2. The van der Waals surface area contributed by atoms with E-state index in [9.17, 15) is 8.42 Å². The molecule has 1 aromatic rings. The standard InChI is InChI=1S/C13H20N2O4S.ClH/c1-18-10-11-19-12-2-4-13(5-3-12)20(16,17)15-8-6-14-7-9-15;/h2-5,14H,6-11H2,1H3;1H. The van der Waals surface area contributed by atoms with Crippen molar-refractivity contribution in [2.24, 2.45) is 0 Å². The first-order valence-electron chi connectivity index (χ1n) is 6.57. The number of hydrogen-bond acceptors (Lipinski definition) is 5. The van der Waals surface area contributed by atoms with Crippen LogP contribution in [0.4, 0.5) is 0 Å². The molecule has 1 aliphatic heterocycles. The zero-order chi connectivity index (χ0) is 14.4. The maximum absolute atomic E-state index is 12.4. The van der Waals surface area contributed by atoms with Crippen molar-refractivity contribution in [1.82, 2.24) is 9.62 Å². The van der Waals surface area contributed by atoms with E-state index in [0.29, 0.717) is 50.0 Å². The van der Waals surface area contributed by atoms with Gasteiger partial charge in [0.25, 0.3) is 0 Å². The number of halogens is 1. The molecule has 1 fully saturated rings. The highest BCUT2D eigenvalue weighted by atomic mass is 35.5. The van der Waals surface area contributed by atoms with Gasteiger partial charge in [0.1, 0.15) is 12.4 Å². The van der Waals surface area contributed by atoms with Gasteiger partial charge >= 0.3 is 0 Å². The number of piperazine rings is 1. The lowest BCUT2D eigenvalue weighted by molar-refractivity contribution is 0.146. The second kappa shape index (κ2) is 8.55. The number of methoxy groups -OCH3 is 1. The van der Waals surface area contributed by atoms with Gasteiger partial charge in [-0.05, 0) is 24.3 Å². The molecule has 0 aliphatic carbocycles. The summed E-state index contributed by atoms with van der Waals surface area (Å²) in [4.78, 5) is 0.304. The van der Waals surface area contributed by atoms with Gasteiger partial charge in [-0.15, -0.1) is 12.4 Å². The van der Waals surface area contributed by atoms with Crippen molar-refractivity contribution in [2.75, 3.05) is 46.5 Å². The summed E-state index contributed by atoms with van der Waals surface area (Å²) in [5, 5.41) is 3.14. The summed E-state index contributed by atoms with van der Waals surface area (Å²) in [6.07, 6.45) is 0. The van der Waals surface area contributed by atoms with Gasteiger partial charge in [0.05, 0.1) is 11.5 Å². The Morgan fingerprint density at radius 1 is 1.14 bits per heavy atom. The smallest absolute Gasteiger partial charge is 0.243 e. The summed E-state index contributed by atoms with van der Waals surface area (Å²) in [6, 6.07) is 6.51. The van der Waals surface area contributed by atoms with E-state index in [0.717, 1.165) is 0 Å². The lowest BCUT2D eigenvalue weighted by Crippen LogP contribution is -2.46. The van der Waals surface area contributed by atoms with Crippen LogP contribution in [0.3, 0.4) is 0 Å². The van der Waals surface area contributed by atoms with Crippen LogP contribution in [0.15, 0.2) is 29.2 Å². The second-order valence-electron chi connectivity index (χ2n) is 4.47. The van der Waals surface area contributed by atoms with Crippen LogP contribution >= 0.6 is 12.4 Å². The molecule has 0 atom stereocenters. The quantitative estimate of drug-likeness (QED) is 0.776. The van der Waals surface area contributed by atoms with Crippen LogP contribution in [0.25, 0.3) is 0 Å². The first-order valence-corrected chi connectivity index (χ1v) is 8.01. The molecule has 0 radical (unpaired) electrons. The summed E-state index contributed by atoms with van der Waals surface area (Å²) in [5.41, 5.74) is 0. The Kier molecular flexibility index (Phi) is 7.41. The number of nitrogens with one attached hydrogen (secondary N) is 1. The van der Waals surface area contributed by atoms with Gasteiger partial charge in [-0.25, -0.2) is 8.42 Å². The summed E-state index contributed by atoms with van der Waals surface area (Å²) in [5.74, 6) is 0.640. The van der Waals surface area contributed by atoms with Crippen molar-refractivity contribution in [2.45, 2.75) is 4.90 Å². The fourth-order valence-electron chi connectivity index (χ4n) is 1.98. The summed E-state index contributed by atoms with van der Waals surface area (Å²) in [6.45, 7) is 3.35. The molecule has 120 valence electrons. The van der Waals surface area contributed by atoms with Gasteiger partial charge in [0, 0.05) is 33.3 Å². The Hall–Kier alpha value is -0.860. The molecular formula is C13H21ClN2O4S. The van der Waals surface area contributed by atoms with Gasteiger partial charge in [-0.1, -0.05) is 0 Å². The molecule has 0 saturated carbocycles. The van der Waals surface area contributed by atoms with Crippen LogP contribution in [-0.2, 0) is 14.8 Å². The molecule has 2 rings (SSSR count). The Bertz CT molecular complexity index is 515. The number of sulfonamides is 1. The monoisotopic (exact) mass is 336 g/mol. The molecule has 0 bridgehead atoms. The highest BCUT2D eigenvalue weighted by molar-refractivity contribution is 7.89. The minimum absolute atomic E-state index is 0. The topological polar surface area (TPSA) is 67.9 Å². The van der Waals surface area contributed by atoms with Gasteiger partial charge in [-0.2, -0.15) is 4.31 Å². The number of ether oxygens (including phenoxy) is 2. The van der Waals surface area contributed by atoms with Crippen LogP contribution in [0.5, 0.6) is 5.75 Å². The van der Waals surface area contributed by atoms with E-state index in [1.165, 1.54) is 4.31 Å². The summed E-state index contributed by atoms with van der Waals surface area (Å²) in [7, 11) is -1.79. The number of hydrogen-bond donors (Lipinski definition) is 1. The van der Waals surface area contributed by atoms with E-state index >= 15 is 0 Å². The molecule has 0 unspecified atom stereocenters. The molecule has 1 saturated heterocycles. The molecule has 1 aliphatic rings. The average Bonchev–Trinajstić information content (AvgIpc) is 2.49. The predicted octanol–water partition coefficient (Wildman–Crippen LogP) is 0.728. The van der Waals surface area contributed by atoms with E-state index in [4.69, 9.17) is 9.47 Å². The second-order valence-corrected chi connectivity index (χ2v) is 6.40. The predicted molar refractivity (Wildman–Crippen MR) is 82.7 cm³/mol. The van der Waals surface area contributed by atoms with Crippen molar-refractivity contribution >= 4 is 22.4 Å². The minimum Gasteiger partial charge on any atom is -0.491 e. The molecule has 0 amide bonds. The third kappa shape index (κ3) is 4.82. The molecule has 0 spiro atoms. The van der Waals surface area contributed by atoms with Crippen molar-refractivity contribution < 1.29 is 17.9 Å². The lowest BCUT2D eigenvalue weighted by Gasteiger charge is -2.26. The van der Waals surface area contributed by atoms with Crippen LogP contribution in [0, 0.1) is 0 Å². The maximum atomic E-state index is 12.4. The van der Waals surface area contributed by atoms with Gasteiger partial charge < -0.3 is 14.8 Å². The summed E-state index contributed by atoms with van der Waals surface area (Å²) < 4.78 is 36.6. The average molecular weight is 337 g/mol. The molecular weight excluding hydrogens is 316 g/mol. The third-order valence-electron chi connectivity index (χ3n) is 3.09. The Morgan fingerprint density at radius 3 is 2.33 bits per heavy atom. The minimum atomic E-state index is -3.39. The van der Waals surface area contributed by atoms with E-state index in [-0.39, 0.29) is 12.4 Å².